The van der Waals surface area contributed by atoms with Gasteiger partial charge in [-0.05, 0) is 36.8 Å². The first kappa shape index (κ1) is 18.1. The number of hydrogen-bond acceptors (Lipinski definition) is 4. The van der Waals surface area contributed by atoms with Crippen molar-refractivity contribution >= 4 is 33.1 Å². The minimum Gasteiger partial charge on any atom is -0.370 e. The number of aromatic nitrogens is 1. The molecule has 1 aliphatic heterocycles. The topological polar surface area (TPSA) is 55.7 Å². The highest BCUT2D eigenvalue weighted by molar-refractivity contribution is 7.18. The standard InChI is InChI=1S/C21H23N3O2S/c1-15(24-10-12-26-13-11-24)21(25)22-17-8-6-16(7-9-17)14-20-23-18-4-2-3-5-19(18)27-20/h2-9,15H,10-14H2,1H3,(H,22,25)/p+1/t15-/m1/s1. The average Bonchev–Trinajstić information content (AvgIpc) is 3.12. The van der Waals surface area contributed by atoms with E-state index >= 15 is 0 Å². The Labute approximate surface area is 163 Å². The molecule has 1 amide bonds. The van der Waals surface area contributed by atoms with Crippen molar-refractivity contribution in [2.24, 2.45) is 0 Å². The third-order valence-electron chi connectivity index (χ3n) is 5.06. The highest BCUT2D eigenvalue weighted by Crippen LogP contribution is 2.24. The van der Waals surface area contributed by atoms with Crippen molar-refractivity contribution in [3.05, 3.63) is 59.1 Å². The number of carbonyl (C=O) groups excluding carboxylic acids is 1. The summed E-state index contributed by atoms with van der Waals surface area (Å²) in [4.78, 5) is 18.5. The van der Waals surface area contributed by atoms with Crippen LogP contribution in [0.2, 0.25) is 0 Å². The molecule has 0 unspecified atom stereocenters. The molecule has 0 spiro atoms. The molecule has 1 fully saturated rings. The van der Waals surface area contributed by atoms with Crippen molar-refractivity contribution in [1.29, 1.82) is 0 Å². The van der Waals surface area contributed by atoms with Gasteiger partial charge < -0.3 is 15.0 Å². The molecule has 1 aromatic heterocycles. The van der Waals surface area contributed by atoms with E-state index in [0.29, 0.717) is 0 Å². The summed E-state index contributed by atoms with van der Waals surface area (Å²) >= 11 is 1.73. The fourth-order valence-electron chi connectivity index (χ4n) is 3.38. The number of thiazole rings is 1. The lowest BCUT2D eigenvalue weighted by molar-refractivity contribution is -0.921. The number of nitrogens with one attached hydrogen (secondary N) is 2. The summed E-state index contributed by atoms with van der Waals surface area (Å²) in [6.07, 6.45) is 0.807. The van der Waals surface area contributed by atoms with Crippen LogP contribution in [0, 0.1) is 0 Å². The Morgan fingerprint density at radius 3 is 2.67 bits per heavy atom. The molecule has 5 nitrogen and oxygen atoms in total. The molecule has 1 saturated heterocycles. The van der Waals surface area contributed by atoms with E-state index in [2.05, 4.69) is 28.5 Å². The molecule has 0 radical (unpaired) electrons. The zero-order valence-corrected chi connectivity index (χ0v) is 16.2. The largest absolute Gasteiger partial charge is 0.370 e. The highest BCUT2D eigenvalue weighted by Gasteiger charge is 2.26. The van der Waals surface area contributed by atoms with Crippen LogP contribution in [0.4, 0.5) is 5.69 Å². The van der Waals surface area contributed by atoms with Crippen LogP contribution in [0.5, 0.6) is 0 Å². The number of quaternary nitrogens is 1. The van der Waals surface area contributed by atoms with E-state index in [1.54, 1.807) is 11.3 Å². The molecule has 0 saturated carbocycles. The molecule has 2 heterocycles. The van der Waals surface area contributed by atoms with E-state index in [1.807, 2.05) is 37.3 Å². The number of carbonyl (C=O) groups is 1. The van der Waals surface area contributed by atoms with Crippen LogP contribution in [-0.2, 0) is 16.0 Å². The Bertz CT molecular complexity index is 884. The molecule has 1 aliphatic rings. The molecule has 27 heavy (non-hydrogen) atoms. The predicted octanol–water partition coefficient (Wildman–Crippen LogP) is 2.13. The Balaban J connectivity index is 1.37. The van der Waals surface area contributed by atoms with Gasteiger partial charge in [-0.15, -0.1) is 11.3 Å². The molecule has 6 heteroatoms. The van der Waals surface area contributed by atoms with Crippen LogP contribution in [0.15, 0.2) is 48.5 Å². The number of rotatable bonds is 5. The lowest BCUT2D eigenvalue weighted by atomic mass is 10.1. The van der Waals surface area contributed by atoms with Gasteiger partial charge in [0.15, 0.2) is 6.04 Å². The second-order valence-electron chi connectivity index (χ2n) is 6.93. The summed E-state index contributed by atoms with van der Waals surface area (Å²) in [7, 11) is 0. The first-order chi connectivity index (χ1) is 13.2. The van der Waals surface area contributed by atoms with Gasteiger partial charge in [-0.25, -0.2) is 4.98 Å². The van der Waals surface area contributed by atoms with Crippen LogP contribution in [0.25, 0.3) is 10.2 Å². The third-order valence-corrected chi connectivity index (χ3v) is 6.09. The molecule has 140 valence electrons. The van der Waals surface area contributed by atoms with Gasteiger partial charge in [0.05, 0.1) is 28.4 Å². The van der Waals surface area contributed by atoms with Crippen molar-refractivity contribution in [2.75, 3.05) is 31.6 Å². The van der Waals surface area contributed by atoms with Gasteiger partial charge in [-0.3, -0.25) is 4.79 Å². The van der Waals surface area contributed by atoms with Crippen molar-refractivity contribution in [3.8, 4) is 0 Å². The van der Waals surface area contributed by atoms with Gasteiger partial charge in [0, 0.05) is 12.1 Å². The number of benzene rings is 2. The third kappa shape index (κ3) is 4.35. The normalized spacial score (nSPS) is 16.3. The minimum atomic E-state index is -0.0728. The maximum atomic E-state index is 12.5. The van der Waals surface area contributed by atoms with Crippen molar-refractivity contribution in [2.45, 2.75) is 19.4 Å². The lowest BCUT2D eigenvalue weighted by Crippen LogP contribution is -3.18. The van der Waals surface area contributed by atoms with Crippen LogP contribution in [-0.4, -0.2) is 43.2 Å². The zero-order valence-electron chi connectivity index (χ0n) is 15.4. The predicted molar refractivity (Wildman–Crippen MR) is 108 cm³/mol. The summed E-state index contributed by atoms with van der Waals surface area (Å²) in [6, 6.07) is 16.2. The molecule has 0 aliphatic carbocycles. The number of hydrogen-bond donors (Lipinski definition) is 2. The fraction of sp³-hybridized carbons (Fsp3) is 0.333. The summed E-state index contributed by atoms with van der Waals surface area (Å²) < 4.78 is 6.59. The number of fused-ring (bicyclic) bond motifs is 1. The van der Waals surface area contributed by atoms with Gasteiger partial charge in [-0.2, -0.15) is 0 Å². The monoisotopic (exact) mass is 382 g/mol. The van der Waals surface area contributed by atoms with Crippen molar-refractivity contribution < 1.29 is 14.4 Å². The SMILES string of the molecule is C[C@H](C(=O)Nc1ccc(Cc2nc3ccccc3s2)cc1)[NH+]1CCOCC1. The molecule has 3 aromatic rings. The summed E-state index contributed by atoms with van der Waals surface area (Å²) in [5.74, 6) is 0.0609. The molecule has 2 aromatic carbocycles. The Hall–Kier alpha value is -2.28. The van der Waals surface area contributed by atoms with E-state index in [0.717, 1.165) is 48.9 Å². The van der Waals surface area contributed by atoms with Gasteiger partial charge in [0.25, 0.3) is 5.91 Å². The molecule has 1 atom stereocenters. The number of ether oxygens (including phenoxy) is 1. The summed E-state index contributed by atoms with van der Waals surface area (Å²) in [5.41, 5.74) is 3.09. The highest BCUT2D eigenvalue weighted by atomic mass is 32.1. The quantitative estimate of drug-likeness (QED) is 0.711. The Morgan fingerprint density at radius 2 is 1.93 bits per heavy atom. The van der Waals surface area contributed by atoms with Crippen LogP contribution in [0.1, 0.15) is 17.5 Å². The lowest BCUT2D eigenvalue weighted by Gasteiger charge is -2.28. The number of nitrogens with zero attached hydrogens (tertiary/aromatic N) is 1. The number of para-hydroxylation sites is 1. The van der Waals surface area contributed by atoms with Crippen molar-refractivity contribution in [3.63, 3.8) is 0 Å². The van der Waals surface area contributed by atoms with E-state index in [9.17, 15) is 4.79 Å². The molecule has 0 bridgehead atoms. The Kier molecular flexibility index (Phi) is 5.48. The minimum absolute atomic E-state index is 0.0609. The molecular weight excluding hydrogens is 358 g/mol. The van der Waals surface area contributed by atoms with Gasteiger partial charge >= 0.3 is 0 Å². The van der Waals surface area contributed by atoms with E-state index < -0.39 is 0 Å². The van der Waals surface area contributed by atoms with Gasteiger partial charge in [0.1, 0.15) is 13.1 Å². The maximum absolute atomic E-state index is 12.5. The summed E-state index contributed by atoms with van der Waals surface area (Å²) in [5, 5.41) is 4.15. The Morgan fingerprint density at radius 1 is 1.19 bits per heavy atom. The first-order valence-corrected chi connectivity index (χ1v) is 10.2. The maximum Gasteiger partial charge on any atom is 0.282 e. The van der Waals surface area contributed by atoms with E-state index in [4.69, 9.17) is 4.74 Å². The average molecular weight is 383 g/mol. The van der Waals surface area contributed by atoms with E-state index in [1.165, 1.54) is 15.2 Å². The first-order valence-electron chi connectivity index (χ1n) is 9.35. The smallest absolute Gasteiger partial charge is 0.282 e. The van der Waals surface area contributed by atoms with E-state index in [-0.39, 0.29) is 11.9 Å². The second-order valence-corrected chi connectivity index (χ2v) is 8.05. The second kappa shape index (κ2) is 8.17. The zero-order chi connectivity index (χ0) is 18.6. The van der Waals surface area contributed by atoms with Crippen molar-refractivity contribution in [1.82, 2.24) is 4.98 Å². The van der Waals surface area contributed by atoms with Crippen LogP contribution in [0.3, 0.4) is 0 Å². The van der Waals surface area contributed by atoms with Gasteiger partial charge in [-0.1, -0.05) is 24.3 Å². The number of morpholine rings is 1. The number of amides is 1. The fourth-order valence-corrected chi connectivity index (χ4v) is 4.38. The molecule has 4 rings (SSSR count). The molecular formula is C21H24N3O2S+. The van der Waals surface area contributed by atoms with Crippen LogP contribution < -0.4 is 10.2 Å². The summed E-state index contributed by atoms with van der Waals surface area (Å²) in [6.45, 7) is 5.21. The van der Waals surface area contributed by atoms with Gasteiger partial charge in [0.2, 0.25) is 0 Å². The molecule has 2 N–H and O–H groups in total. The number of anilines is 1. The van der Waals surface area contributed by atoms with Crippen LogP contribution >= 0.6 is 11.3 Å².